The molecule has 1 saturated heterocycles. The molecule has 1 aromatic carbocycles. The number of esters is 2. The summed E-state index contributed by atoms with van der Waals surface area (Å²) < 4.78 is 15.2. The van der Waals surface area contributed by atoms with Crippen LogP contribution in [0.3, 0.4) is 0 Å². The molecule has 3 atom stereocenters. The van der Waals surface area contributed by atoms with E-state index in [4.69, 9.17) is 18.7 Å². The van der Waals surface area contributed by atoms with E-state index in [0.717, 1.165) is 5.56 Å². The van der Waals surface area contributed by atoms with Gasteiger partial charge in [0, 0.05) is 6.54 Å². The van der Waals surface area contributed by atoms with Crippen molar-refractivity contribution in [2.24, 2.45) is 5.92 Å². The van der Waals surface area contributed by atoms with Crippen LogP contribution in [-0.2, 0) is 30.4 Å². The fourth-order valence-corrected chi connectivity index (χ4v) is 2.99. The summed E-state index contributed by atoms with van der Waals surface area (Å²) in [5.74, 6) is -1.58. The zero-order valence-corrected chi connectivity index (χ0v) is 14.0. The van der Waals surface area contributed by atoms with Gasteiger partial charge in [0.25, 0.3) is 0 Å². The van der Waals surface area contributed by atoms with Crippen molar-refractivity contribution in [3.63, 3.8) is 0 Å². The number of furan rings is 1. The van der Waals surface area contributed by atoms with E-state index in [-0.39, 0.29) is 0 Å². The molecule has 1 aliphatic rings. The molecule has 0 radical (unpaired) electrons. The lowest BCUT2D eigenvalue weighted by atomic mass is 9.92. The zero-order chi connectivity index (χ0) is 17.8. The SMILES string of the molecule is COC(=O)[C@@H]1[C@@H](C(=O)OC)ON(Cc2ccccc2)[C@@H]1c1ccco1. The van der Waals surface area contributed by atoms with E-state index < -0.39 is 30.0 Å². The Balaban J connectivity index is 1.97. The molecule has 132 valence electrons. The van der Waals surface area contributed by atoms with Crippen LogP contribution < -0.4 is 0 Å². The average Bonchev–Trinajstić information content (AvgIpc) is 3.28. The second kappa shape index (κ2) is 7.50. The Morgan fingerprint density at radius 2 is 1.76 bits per heavy atom. The first-order valence-corrected chi connectivity index (χ1v) is 7.82. The molecule has 3 rings (SSSR count). The number of hydrogen-bond acceptors (Lipinski definition) is 7. The van der Waals surface area contributed by atoms with Gasteiger partial charge in [-0.15, -0.1) is 0 Å². The number of carbonyl (C=O) groups is 2. The highest BCUT2D eigenvalue weighted by Gasteiger charge is 2.53. The van der Waals surface area contributed by atoms with Crippen LogP contribution in [-0.4, -0.2) is 37.3 Å². The van der Waals surface area contributed by atoms with Crippen LogP contribution in [0.2, 0.25) is 0 Å². The molecule has 7 nitrogen and oxygen atoms in total. The lowest BCUT2D eigenvalue weighted by Crippen LogP contribution is -2.35. The van der Waals surface area contributed by atoms with Gasteiger partial charge in [0.2, 0.25) is 0 Å². The van der Waals surface area contributed by atoms with Crippen LogP contribution >= 0.6 is 0 Å². The second-order valence-electron chi connectivity index (χ2n) is 5.62. The number of methoxy groups -OCH3 is 2. The van der Waals surface area contributed by atoms with E-state index in [1.165, 1.54) is 20.5 Å². The average molecular weight is 345 g/mol. The molecule has 0 unspecified atom stereocenters. The molecule has 0 N–H and O–H groups in total. The van der Waals surface area contributed by atoms with Gasteiger partial charge in [0.15, 0.2) is 6.10 Å². The Morgan fingerprint density at radius 1 is 1.04 bits per heavy atom. The summed E-state index contributed by atoms with van der Waals surface area (Å²) in [6, 6.07) is 12.4. The van der Waals surface area contributed by atoms with E-state index >= 15 is 0 Å². The van der Waals surface area contributed by atoms with Crippen LogP contribution in [0.4, 0.5) is 0 Å². The number of hydroxylamine groups is 2. The Labute approximate surface area is 145 Å². The minimum atomic E-state index is -1.10. The highest BCUT2D eigenvalue weighted by atomic mass is 16.7. The molecule has 0 bridgehead atoms. The molecule has 0 aliphatic carbocycles. The standard InChI is InChI=1S/C18H19NO6/c1-22-17(20)14-15(13-9-6-10-24-13)19(25-16(14)18(21)23-2)11-12-7-4-3-5-8-12/h3-10,14-16H,11H2,1-2H3/t14-,15+,16-/m0/s1. The summed E-state index contributed by atoms with van der Waals surface area (Å²) in [7, 11) is 2.53. The molecule has 1 aromatic heterocycles. The maximum Gasteiger partial charge on any atom is 0.338 e. The van der Waals surface area contributed by atoms with Crippen molar-refractivity contribution in [2.75, 3.05) is 14.2 Å². The third-order valence-corrected chi connectivity index (χ3v) is 4.15. The van der Waals surface area contributed by atoms with E-state index in [9.17, 15) is 9.59 Å². The van der Waals surface area contributed by atoms with E-state index in [1.807, 2.05) is 30.3 Å². The smallest absolute Gasteiger partial charge is 0.338 e. The lowest BCUT2D eigenvalue weighted by Gasteiger charge is -2.22. The molecule has 7 heteroatoms. The van der Waals surface area contributed by atoms with Crippen molar-refractivity contribution >= 4 is 11.9 Å². The molecule has 1 aliphatic heterocycles. The van der Waals surface area contributed by atoms with Gasteiger partial charge < -0.3 is 13.9 Å². The van der Waals surface area contributed by atoms with Crippen molar-refractivity contribution in [1.29, 1.82) is 0 Å². The second-order valence-corrected chi connectivity index (χ2v) is 5.62. The zero-order valence-electron chi connectivity index (χ0n) is 14.0. The number of benzene rings is 1. The minimum Gasteiger partial charge on any atom is -0.469 e. The highest BCUT2D eigenvalue weighted by molar-refractivity contribution is 5.85. The van der Waals surface area contributed by atoms with Crippen LogP contribution in [0.25, 0.3) is 0 Å². The van der Waals surface area contributed by atoms with E-state index in [2.05, 4.69) is 0 Å². The number of carbonyl (C=O) groups excluding carboxylic acids is 2. The highest BCUT2D eigenvalue weighted by Crippen LogP contribution is 2.41. The van der Waals surface area contributed by atoms with Gasteiger partial charge in [-0.25, -0.2) is 4.79 Å². The van der Waals surface area contributed by atoms with Crippen molar-refractivity contribution in [3.8, 4) is 0 Å². The van der Waals surface area contributed by atoms with E-state index in [0.29, 0.717) is 12.3 Å². The topological polar surface area (TPSA) is 78.2 Å². The summed E-state index contributed by atoms with van der Waals surface area (Å²) in [4.78, 5) is 30.3. The van der Waals surface area contributed by atoms with Crippen LogP contribution in [0.15, 0.2) is 53.1 Å². The van der Waals surface area contributed by atoms with Gasteiger partial charge in [0.05, 0.1) is 20.5 Å². The molecule has 25 heavy (non-hydrogen) atoms. The summed E-state index contributed by atoms with van der Waals surface area (Å²) in [5.41, 5.74) is 0.966. The number of hydrogen-bond donors (Lipinski definition) is 0. The summed E-state index contributed by atoms with van der Waals surface area (Å²) in [5, 5.41) is 1.57. The summed E-state index contributed by atoms with van der Waals surface area (Å²) >= 11 is 0. The predicted molar refractivity (Wildman–Crippen MR) is 85.8 cm³/mol. The van der Waals surface area contributed by atoms with Crippen molar-refractivity contribution in [3.05, 3.63) is 60.1 Å². The fourth-order valence-electron chi connectivity index (χ4n) is 2.99. The first-order chi connectivity index (χ1) is 12.2. The number of ether oxygens (including phenoxy) is 2. The van der Waals surface area contributed by atoms with E-state index in [1.54, 1.807) is 17.2 Å². The first kappa shape index (κ1) is 17.2. The minimum absolute atomic E-state index is 0.368. The molecule has 0 amide bonds. The van der Waals surface area contributed by atoms with Gasteiger partial charge >= 0.3 is 11.9 Å². The molecule has 1 fully saturated rings. The number of nitrogens with zero attached hydrogens (tertiary/aromatic N) is 1. The van der Waals surface area contributed by atoms with Crippen LogP contribution in [0, 0.1) is 5.92 Å². The summed E-state index contributed by atoms with van der Waals surface area (Å²) in [6.45, 7) is 0.368. The van der Waals surface area contributed by atoms with Crippen LogP contribution in [0.1, 0.15) is 17.4 Å². The third kappa shape index (κ3) is 3.42. The van der Waals surface area contributed by atoms with Crippen molar-refractivity contribution in [1.82, 2.24) is 5.06 Å². The van der Waals surface area contributed by atoms with Gasteiger partial charge in [-0.2, -0.15) is 5.06 Å². The lowest BCUT2D eigenvalue weighted by molar-refractivity contribution is -0.194. The Bertz CT molecular complexity index is 714. The molecular weight excluding hydrogens is 326 g/mol. The molecule has 0 saturated carbocycles. The Kier molecular flexibility index (Phi) is 5.16. The Morgan fingerprint density at radius 3 is 2.36 bits per heavy atom. The molecule has 0 spiro atoms. The normalized spacial score (nSPS) is 23.4. The van der Waals surface area contributed by atoms with Gasteiger partial charge in [-0.1, -0.05) is 30.3 Å². The first-order valence-electron chi connectivity index (χ1n) is 7.82. The van der Waals surface area contributed by atoms with Crippen LogP contribution in [0.5, 0.6) is 0 Å². The van der Waals surface area contributed by atoms with Crippen molar-refractivity contribution < 1.29 is 28.3 Å². The number of rotatable bonds is 5. The molecule has 2 aromatic rings. The maximum atomic E-state index is 12.4. The third-order valence-electron chi connectivity index (χ3n) is 4.15. The Hall–Kier alpha value is -2.64. The maximum absolute atomic E-state index is 12.4. The summed E-state index contributed by atoms with van der Waals surface area (Å²) in [6.07, 6.45) is 0.409. The predicted octanol–water partition coefficient (Wildman–Crippen LogP) is 2.10. The monoisotopic (exact) mass is 345 g/mol. The quantitative estimate of drug-likeness (QED) is 0.768. The van der Waals surface area contributed by atoms with Gasteiger partial charge in [0.1, 0.15) is 17.7 Å². The fraction of sp³-hybridized carbons (Fsp3) is 0.333. The molecular formula is C18H19NO6. The van der Waals surface area contributed by atoms with Gasteiger partial charge in [-0.05, 0) is 17.7 Å². The van der Waals surface area contributed by atoms with Gasteiger partial charge in [-0.3, -0.25) is 9.63 Å². The largest absolute Gasteiger partial charge is 0.469 e. The van der Waals surface area contributed by atoms with Crippen molar-refractivity contribution in [2.45, 2.75) is 18.7 Å². The molecule has 2 heterocycles.